The van der Waals surface area contributed by atoms with E-state index in [0.29, 0.717) is 11.1 Å². The smallest absolute Gasteiger partial charge is 0.251 e. The lowest BCUT2D eigenvalue weighted by molar-refractivity contribution is 0.0927. The fourth-order valence-corrected chi connectivity index (χ4v) is 6.64. The Kier molecular flexibility index (Phi) is 8.80. The van der Waals surface area contributed by atoms with E-state index in [1.54, 1.807) is 24.3 Å². The molecule has 0 spiro atoms. The molecule has 0 aliphatic heterocycles. The summed E-state index contributed by atoms with van der Waals surface area (Å²) >= 11 is 12.1. The van der Waals surface area contributed by atoms with Crippen molar-refractivity contribution in [1.29, 1.82) is 0 Å². The number of benzene rings is 3. The lowest BCUT2D eigenvalue weighted by Gasteiger charge is -2.24. The standard InChI is InChI=1S/C28H30Cl2N2O4S/c1-19-7-9-20(10-8-19)17-32(37(35,36)26-16-23(29)15-25(30)27(26)33)18-21-11-13-22(14-12-21)28(34)31-24-5-3-2-4-6-24/h7-16,24,33H,2-6,17-18H2,1H3,(H,31,34). The maximum absolute atomic E-state index is 13.7. The summed E-state index contributed by atoms with van der Waals surface area (Å²) in [5.41, 5.74) is 3.06. The molecule has 4 rings (SSSR count). The molecular weight excluding hydrogens is 531 g/mol. The highest BCUT2D eigenvalue weighted by Gasteiger charge is 2.29. The van der Waals surface area contributed by atoms with Crippen LogP contribution in [0, 0.1) is 6.92 Å². The summed E-state index contributed by atoms with van der Waals surface area (Å²) in [6.45, 7) is 2.04. The molecule has 2 N–H and O–H groups in total. The molecule has 1 amide bonds. The second-order valence-corrected chi connectivity index (χ2v) is 12.2. The van der Waals surface area contributed by atoms with Crippen LogP contribution in [-0.2, 0) is 23.1 Å². The van der Waals surface area contributed by atoms with E-state index < -0.39 is 15.8 Å². The van der Waals surface area contributed by atoms with Gasteiger partial charge in [-0.3, -0.25) is 4.79 Å². The Balaban J connectivity index is 1.59. The number of nitrogens with zero attached hydrogens (tertiary/aromatic N) is 1. The molecule has 0 aromatic heterocycles. The SMILES string of the molecule is Cc1ccc(CN(Cc2ccc(C(=O)NC3CCCCC3)cc2)S(=O)(=O)c2cc(Cl)cc(Cl)c2O)cc1. The van der Waals surface area contributed by atoms with Crippen molar-refractivity contribution < 1.29 is 18.3 Å². The quantitative estimate of drug-likeness (QED) is 0.331. The van der Waals surface area contributed by atoms with Crippen LogP contribution in [0.2, 0.25) is 10.0 Å². The first-order chi connectivity index (χ1) is 17.6. The minimum absolute atomic E-state index is 0.0182. The Labute approximate surface area is 228 Å². The van der Waals surface area contributed by atoms with Crippen LogP contribution in [0.3, 0.4) is 0 Å². The summed E-state index contributed by atoms with van der Waals surface area (Å²) in [5, 5.41) is 13.5. The van der Waals surface area contributed by atoms with Crippen molar-refractivity contribution in [2.75, 3.05) is 0 Å². The number of aromatic hydroxyl groups is 1. The molecule has 0 unspecified atom stereocenters. The summed E-state index contributed by atoms with van der Waals surface area (Å²) in [4.78, 5) is 12.3. The fourth-order valence-electron chi connectivity index (χ4n) is 4.48. The fraction of sp³-hybridized carbons (Fsp3) is 0.321. The van der Waals surface area contributed by atoms with Crippen LogP contribution in [0.5, 0.6) is 5.75 Å². The first-order valence-corrected chi connectivity index (χ1v) is 14.5. The number of hydrogen-bond donors (Lipinski definition) is 2. The van der Waals surface area contributed by atoms with Crippen molar-refractivity contribution in [3.05, 3.63) is 93.0 Å². The molecule has 1 fully saturated rings. The van der Waals surface area contributed by atoms with E-state index >= 15 is 0 Å². The Bertz CT molecular complexity index is 1350. The molecule has 3 aromatic rings. The van der Waals surface area contributed by atoms with Gasteiger partial charge in [-0.25, -0.2) is 8.42 Å². The van der Waals surface area contributed by atoms with E-state index in [1.165, 1.54) is 22.9 Å². The van der Waals surface area contributed by atoms with Crippen molar-refractivity contribution in [3.63, 3.8) is 0 Å². The summed E-state index contributed by atoms with van der Waals surface area (Å²) in [6, 6.07) is 17.1. The van der Waals surface area contributed by atoms with Crippen LogP contribution in [0.1, 0.15) is 59.2 Å². The van der Waals surface area contributed by atoms with E-state index in [1.807, 2.05) is 31.2 Å². The predicted molar refractivity (Wildman–Crippen MR) is 147 cm³/mol. The van der Waals surface area contributed by atoms with Gasteiger partial charge < -0.3 is 10.4 Å². The van der Waals surface area contributed by atoms with Gasteiger partial charge in [0.15, 0.2) is 5.75 Å². The first kappa shape index (κ1) is 27.5. The van der Waals surface area contributed by atoms with Crippen molar-refractivity contribution >= 4 is 39.1 Å². The minimum atomic E-state index is -4.19. The van der Waals surface area contributed by atoms with Crippen molar-refractivity contribution in [3.8, 4) is 5.75 Å². The second-order valence-electron chi connectivity index (χ2n) is 9.50. The molecule has 37 heavy (non-hydrogen) atoms. The highest BCUT2D eigenvalue weighted by Crippen LogP contribution is 2.36. The predicted octanol–water partition coefficient (Wildman–Crippen LogP) is 6.46. The van der Waals surface area contributed by atoms with Crippen LogP contribution in [0.25, 0.3) is 0 Å². The van der Waals surface area contributed by atoms with Crippen LogP contribution < -0.4 is 5.32 Å². The number of phenols is 1. The van der Waals surface area contributed by atoms with Gasteiger partial charge in [0, 0.05) is 29.7 Å². The number of aryl methyl sites for hydroxylation is 1. The van der Waals surface area contributed by atoms with Crippen LogP contribution in [0.4, 0.5) is 0 Å². The third kappa shape index (κ3) is 6.85. The Morgan fingerprint density at radius 3 is 2.11 bits per heavy atom. The van der Waals surface area contributed by atoms with Gasteiger partial charge in [0.05, 0.1) is 5.02 Å². The number of hydrogen-bond acceptors (Lipinski definition) is 4. The lowest BCUT2D eigenvalue weighted by Crippen LogP contribution is -2.36. The molecule has 1 saturated carbocycles. The molecule has 0 heterocycles. The summed E-state index contributed by atoms with van der Waals surface area (Å²) in [7, 11) is -4.19. The number of carbonyl (C=O) groups is 1. The lowest BCUT2D eigenvalue weighted by atomic mass is 9.95. The van der Waals surface area contributed by atoms with Gasteiger partial charge >= 0.3 is 0 Å². The van der Waals surface area contributed by atoms with Gasteiger partial charge in [-0.2, -0.15) is 4.31 Å². The Hall–Kier alpha value is -2.58. The monoisotopic (exact) mass is 560 g/mol. The molecule has 9 heteroatoms. The highest BCUT2D eigenvalue weighted by atomic mass is 35.5. The van der Waals surface area contributed by atoms with E-state index in [0.717, 1.165) is 36.8 Å². The number of sulfonamides is 1. The third-order valence-electron chi connectivity index (χ3n) is 6.61. The zero-order valence-electron chi connectivity index (χ0n) is 20.6. The molecule has 196 valence electrons. The minimum Gasteiger partial charge on any atom is -0.505 e. The zero-order valence-corrected chi connectivity index (χ0v) is 22.9. The molecule has 1 aliphatic carbocycles. The molecule has 0 atom stereocenters. The number of phenolic OH excluding ortho intramolecular Hbond substituents is 1. The molecule has 0 saturated heterocycles. The summed E-state index contributed by atoms with van der Waals surface area (Å²) in [6.07, 6.45) is 5.46. The Morgan fingerprint density at radius 1 is 0.946 bits per heavy atom. The average molecular weight is 562 g/mol. The van der Waals surface area contributed by atoms with Gasteiger partial charge in [-0.05, 0) is 55.2 Å². The normalized spacial score (nSPS) is 14.6. The van der Waals surface area contributed by atoms with E-state index in [4.69, 9.17) is 23.2 Å². The largest absolute Gasteiger partial charge is 0.505 e. The van der Waals surface area contributed by atoms with Crippen LogP contribution in [-0.4, -0.2) is 29.8 Å². The second kappa shape index (κ2) is 11.9. The number of halogens is 2. The molecule has 3 aromatic carbocycles. The highest BCUT2D eigenvalue weighted by molar-refractivity contribution is 7.89. The summed E-state index contributed by atoms with van der Waals surface area (Å²) in [5.74, 6) is -0.671. The van der Waals surface area contributed by atoms with Crippen LogP contribution in [0.15, 0.2) is 65.6 Å². The van der Waals surface area contributed by atoms with Gasteiger partial charge in [0.25, 0.3) is 5.91 Å². The van der Waals surface area contributed by atoms with E-state index in [2.05, 4.69) is 5.32 Å². The molecule has 1 aliphatic rings. The summed E-state index contributed by atoms with van der Waals surface area (Å²) < 4.78 is 28.7. The number of amides is 1. The van der Waals surface area contributed by atoms with E-state index in [9.17, 15) is 18.3 Å². The van der Waals surface area contributed by atoms with Crippen molar-refractivity contribution in [2.24, 2.45) is 0 Å². The first-order valence-electron chi connectivity index (χ1n) is 12.3. The zero-order chi connectivity index (χ0) is 26.6. The van der Waals surface area contributed by atoms with E-state index in [-0.39, 0.29) is 40.0 Å². The molecule has 6 nitrogen and oxygen atoms in total. The molecule has 0 radical (unpaired) electrons. The average Bonchev–Trinajstić information content (AvgIpc) is 2.88. The number of rotatable bonds is 8. The van der Waals surface area contributed by atoms with Gasteiger partial charge in [0.2, 0.25) is 10.0 Å². The number of nitrogens with one attached hydrogen (secondary N) is 1. The third-order valence-corrected chi connectivity index (χ3v) is 8.92. The maximum atomic E-state index is 13.7. The topological polar surface area (TPSA) is 86.7 Å². The van der Waals surface area contributed by atoms with Crippen LogP contribution >= 0.6 is 23.2 Å². The van der Waals surface area contributed by atoms with Gasteiger partial charge in [-0.15, -0.1) is 0 Å². The van der Waals surface area contributed by atoms with Gasteiger partial charge in [0.1, 0.15) is 4.90 Å². The maximum Gasteiger partial charge on any atom is 0.251 e. The van der Waals surface area contributed by atoms with Crippen molar-refractivity contribution in [2.45, 2.75) is 63.1 Å². The van der Waals surface area contributed by atoms with Gasteiger partial charge in [-0.1, -0.05) is 84.4 Å². The Morgan fingerprint density at radius 2 is 1.51 bits per heavy atom. The van der Waals surface area contributed by atoms with Crippen molar-refractivity contribution in [1.82, 2.24) is 9.62 Å². The number of carbonyl (C=O) groups excluding carboxylic acids is 1. The molecule has 0 bridgehead atoms. The molecular formula is C28H30Cl2N2O4S.